The summed E-state index contributed by atoms with van der Waals surface area (Å²) < 4.78 is 5.04. The van der Waals surface area contributed by atoms with Gasteiger partial charge in [0, 0.05) is 6.54 Å². The Morgan fingerprint density at radius 3 is 2.52 bits per heavy atom. The zero-order valence-electron chi connectivity index (χ0n) is 11.8. The summed E-state index contributed by atoms with van der Waals surface area (Å²) in [6.07, 6.45) is 0.524. The summed E-state index contributed by atoms with van der Waals surface area (Å²) in [6.45, 7) is 0.703. The molecular formula is C15H21NO5. The number of carboxylic acids is 1. The number of nitrogens with one attached hydrogen (secondary N) is 1. The van der Waals surface area contributed by atoms with Crippen molar-refractivity contribution in [1.29, 1.82) is 0 Å². The lowest BCUT2D eigenvalue weighted by Crippen LogP contribution is -2.25. The van der Waals surface area contributed by atoms with Gasteiger partial charge in [-0.1, -0.05) is 43.2 Å². The van der Waals surface area contributed by atoms with Gasteiger partial charge < -0.3 is 20.3 Å². The van der Waals surface area contributed by atoms with E-state index in [9.17, 15) is 9.59 Å². The highest BCUT2D eigenvalue weighted by Crippen LogP contribution is 2.04. The molecular weight excluding hydrogens is 274 g/mol. The highest BCUT2D eigenvalue weighted by atomic mass is 16.5. The Morgan fingerprint density at radius 1 is 1.14 bits per heavy atom. The van der Waals surface area contributed by atoms with Crippen molar-refractivity contribution in [2.45, 2.75) is 38.4 Å². The Bertz CT molecular complexity index is 435. The zero-order chi connectivity index (χ0) is 15.5. The Hall–Kier alpha value is -2.08. The number of aliphatic hydroxyl groups is 1. The van der Waals surface area contributed by atoms with Crippen molar-refractivity contribution in [1.82, 2.24) is 5.32 Å². The molecule has 0 fully saturated rings. The lowest BCUT2D eigenvalue weighted by Gasteiger charge is -2.07. The number of amides is 1. The molecule has 0 aliphatic carbocycles. The highest BCUT2D eigenvalue weighted by Gasteiger charge is 2.11. The maximum absolute atomic E-state index is 11.4. The van der Waals surface area contributed by atoms with Crippen molar-refractivity contribution < 1.29 is 24.5 Å². The number of hydrogen-bond donors (Lipinski definition) is 3. The van der Waals surface area contributed by atoms with Gasteiger partial charge in [0.15, 0.2) is 6.10 Å². The van der Waals surface area contributed by atoms with Crippen molar-refractivity contribution in [2.24, 2.45) is 0 Å². The number of carboxylic acid groups (broad SMARTS) is 1. The first kappa shape index (κ1) is 17.0. The van der Waals surface area contributed by atoms with E-state index in [1.54, 1.807) is 0 Å². The van der Waals surface area contributed by atoms with E-state index in [1.165, 1.54) is 0 Å². The summed E-state index contributed by atoms with van der Waals surface area (Å²) in [7, 11) is 0. The van der Waals surface area contributed by atoms with Crippen molar-refractivity contribution in [3.63, 3.8) is 0 Å². The van der Waals surface area contributed by atoms with Gasteiger partial charge in [-0.15, -0.1) is 0 Å². The molecule has 0 spiro atoms. The molecule has 0 saturated heterocycles. The minimum atomic E-state index is -1.30. The molecule has 0 heterocycles. The van der Waals surface area contributed by atoms with Gasteiger partial charge in [-0.05, 0) is 18.4 Å². The van der Waals surface area contributed by atoms with Crippen LogP contribution in [-0.4, -0.2) is 34.9 Å². The van der Waals surface area contributed by atoms with E-state index >= 15 is 0 Å². The van der Waals surface area contributed by atoms with Crippen LogP contribution in [0.2, 0.25) is 0 Å². The molecule has 1 rings (SSSR count). The van der Waals surface area contributed by atoms with E-state index < -0.39 is 18.2 Å². The van der Waals surface area contributed by atoms with Gasteiger partial charge in [-0.2, -0.15) is 0 Å². The van der Waals surface area contributed by atoms with Gasteiger partial charge in [0.25, 0.3) is 0 Å². The first-order valence-corrected chi connectivity index (χ1v) is 6.95. The number of aliphatic carboxylic acids is 1. The number of alkyl carbamates (subject to hydrolysis) is 1. The summed E-state index contributed by atoms with van der Waals surface area (Å²) in [6, 6.07) is 9.40. The third kappa shape index (κ3) is 7.94. The van der Waals surface area contributed by atoms with Gasteiger partial charge >= 0.3 is 12.1 Å². The molecule has 1 aromatic rings. The summed E-state index contributed by atoms with van der Waals surface area (Å²) in [5.41, 5.74) is 0.926. The molecule has 3 N–H and O–H groups in total. The maximum atomic E-state index is 11.4. The minimum Gasteiger partial charge on any atom is -0.479 e. The molecule has 0 saturated carbocycles. The van der Waals surface area contributed by atoms with Crippen molar-refractivity contribution >= 4 is 12.1 Å². The lowest BCUT2D eigenvalue weighted by molar-refractivity contribution is -0.146. The number of aliphatic hydroxyl groups excluding tert-OH is 1. The number of unbranched alkanes of at least 4 members (excludes halogenated alkanes) is 2. The van der Waals surface area contributed by atoms with E-state index in [4.69, 9.17) is 14.9 Å². The van der Waals surface area contributed by atoms with Crippen LogP contribution in [0.4, 0.5) is 4.79 Å². The molecule has 0 unspecified atom stereocenters. The van der Waals surface area contributed by atoms with Crippen LogP contribution in [0.3, 0.4) is 0 Å². The predicted molar refractivity (Wildman–Crippen MR) is 76.7 cm³/mol. The Labute approximate surface area is 123 Å². The largest absolute Gasteiger partial charge is 0.479 e. The number of benzene rings is 1. The number of ether oxygens (including phenoxy) is 1. The van der Waals surface area contributed by atoms with Crippen molar-refractivity contribution in [3.8, 4) is 0 Å². The first-order valence-electron chi connectivity index (χ1n) is 6.95. The van der Waals surface area contributed by atoms with Gasteiger partial charge in [-0.3, -0.25) is 0 Å². The van der Waals surface area contributed by atoms with Crippen molar-refractivity contribution in [3.05, 3.63) is 35.9 Å². The van der Waals surface area contributed by atoms with Crippen LogP contribution >= 0.6 is 0 Å². The second kappa shape index (κ2) is 9.77. The molecule has 0 aromatic heterocycles. The van der Waals surface area contributed by atoms with Gasteiger partial charge in [0.2, 0.25) is 0 Å². The second-order valence-corrected chi connectivity index (χ2v) is 4.69. The topological polar surface area (TPSA) is 95.9 Å². The summed E-state index contributed by atoms with van der Waals surface area (Å²) in [5, 5.41) is 20.2. The van der Waals surface area contributed by atoms with E-state index in [0.29, 0.717) is 19.4 Å². The van der Waals surface area contributed by atoms with Crippen LogP contribution in [0.1, 0.15) is 31.2 Å². The van der Waals surface area contributed by atoms with Gasteiger partial charge in [0.05, 0.1) is 0 Å². The van der Waals surface area contributed by atoms with Crippen LogP contribution < -0.4 is 5.32 Å². The average molecular weight is 295 g/mol. The average Bonchev–Trinajstić information content (AvgIpc) is 2.49. The summed E-state index contributed by atoms with van der Waals surface area (Å²) in [5.74, 6) is -1.20. The van der Waals surface area contributed by atoms with E-state index in [-0.39, 0.29) is 13.0 Å². The Kier molecular flexibility index (Phi) is 7.89. The minimum absolute atomic E-state index is 0.230. The summed E-state index contributed by atoms with van der Waals surface area (Å²) in [4.78, 5) is 21.8. The standard InChI is InChI=1S/C15H21NO5/c17-13(14(18)19)9-5-2-6-10-16-15(20)21-11-12-7-3-1-4-8-12/h1,3-4,7-8,13,17H,2,5-6,9-11H2,(H,16,20)(H,18,19)/t13-/m0/s1. The molecule has 0 aliphatic rings. The molecule has 0 radical (unpaired) electrons. The number of carbonyl (C=O) groups excluding carboxylic acids is 1. The van der Waals surface area contributed by atoms with E-state index in [0.717, 1.165) is 12.0 Å². The van der Waals surface area contributed by atoms with Crippen molar-refractivity contribution in [2.75, 3.05) is 6.54 Å². The smallest absolute Gasteiger partial charge is 0.407 e. The Morgan fingerprint density at radius 2 is 1.86 bits per heavy atom. The predicted octanol–water partition coefficient (Wildman–Crippen LogP) is 1.92. The number of carbonyl (C=O) groups is 2. The molecule has 116 valence electrons. The number of rotatable bonds is 9. The quantitative estimate of drug-likeness (QED) is 0.605. The molecule has 1 atom stereocenters. The second-order valence-electron chi connectivity index (χ2n) is 4.69. The third-order valence-corrected chi connectivity index (χ3v) is 2.92. The van der Waals surface area contributed by atoms with E-state index in [2.05, 4.69) is 5.32 Å². The fourth-order valence-corrected chi connectivity index (χ4v) is 1.73. The van der Waals surface area contributed by atoms with Crippen LogP contribution in [0.15, 0.2) is 30.3 Å². The Balaban J connectivity index is 2.00. The van der Waals surface area contributed by atoms with Crippen LogP contribution in [0.25, 0.3) is 0 Å². The molecule has 1 amide bonds. The van der Waals surface area contributed by atoms with Crippen LogP contribution in [0, 0.1) is 0 Å². The van der Waals surface area contributed by atoms with Gasteiger partial charge in [-0.25, -0.2) is 9.59 Å². The molecule has 21 heavy (non-hydrogen) atoms. The molecule has 6 heteroatoms. The van der Waals surface area contributed by atoms with E-state index in [1.807, 2.05) is 30.3 Å². The molecule has 1 aromatic carbocycles. The normalized spacial score (nSPS) is 11.7. The summed E-state index contributed by atoms with van der Waals surface area (Å²) >= 11 is 0. The lowest BCUT2D eigenvalue weighted by atomic mass is 10.1. The maximum Gasteiger partial charge on any atom is 0.407 e. The monoisotopic (exact) mass is 295 g/mol. The van der Waals surface area contributed by atoms with Crippen LogP contribution in [0.5, 0.6) is 0 Å². The SMILES string of the molecule is O=C(NCCCCC[C@H](O)C(=O)O)OCc1ccccc1. The third-order valence-electron chi connectivity index (χ3n) is 2.92. The fourth-order valence-electron chi connectivity index (χ4n) is 1.73. The van der Waals surface area contributed by atoms with Crippen LogP contribution in [-0.2, 0) is 16.1 Å². The van der Waals surface area contributed by atoms with Gasteiger partial charge in [0.1, 0.15) is 6.61 Å². The zero-order valence-corrected chi connectivity index (χ0v) is 11.8. The molecule has 6 nitrogen and oxygen atoms in total. The fraction of sp³-hybridized carbons (Fsp3) is 0.467. The first-order chi connectivity index (χ1) is 10.1. The molecule has 0 bridgehead atoms. The highest BCUT2D eigenvalue weighted by molar-refractivity contribution is 5.71. The number of hydrogen-bond acceptors (Lipinski definition) is 4. The molecule has 0 aliphatic heterocycles.